The van der Waals surface area contributed by atoms with Gasteiger partial charge in [-0.15, -0.1) is 8.78 Å². The van der Waals surface area contributed by atoms with Gasteiger partial charge in [-0.3, -0.25) is 14.9 Å². The molecule has 136 valence electrons. The Kier molecular flexibility index (Phi) is 4.33. The maximum Gasteiger partial charge on any atom is 0.586 e. The van der Waals surface area contributed by atoms with Crippen LogP contribution in [0, 0.1) is 17.0 Å². The van der Waals surface area contributed by atoms with Gasteiger partial charge in [0.25, 0.3) is 5.69 Å². The van der Waals surface area contributed by atoms with Crippen LogP contribution in [0.4, 0.5) is 25.8 Å². The normalized spacial score (nSPS) is 14.0. The molecule has 0 aromatic heterocycles. The van der Waals surface area contributed by atoms with E-state index in [0.717, 1.165) is 0 Å². The van der Waals surface area contributed by atoms with Crippen molar-refractivity contribution in [3.8, 4) is 11.5 Å². The molecular weight excluding hydrogens is 352 g/mol. The van der Waals surface area contributed by atoms with Crippen LogP contribution in [0.3, 0.4) is 0 Å². The maximum absolute atomic E-state index is 13.0. The summed E-state index contributed by atoms with van der Waals surface area (Å²) in [5, 5.41) is 16.2. The lowest BCUT2D eigenvalue weighted by atomic mass is 10.2. The molecule has 2 aromatic rings. The highest BCUT2D eigenvalue weighted by molar-refractivity contribution is 5.94. The number of aryl methyl sites for hydroxylation is 1. The first-order chi connectivity index (χ1) is 12.2. The van der Waals surface area contributed by atoms with E-state index in [0.29, 0.717) is 11.3 Å². The number of alkyl halides is 2. The summed E-state index contributed by atoms with van der Waals surface area (Å²) in [7, 11) is 0. The fraction of sp³-hybridized carbons (Fsp3) is 0.188. The first-order valence-corrected chi connectivity index (χ1v) is 7.42. The van der Waals surface area contributed by atoms with E-state index in [1.165, 1.54) is 30.3 Å². The van der Waals surface area contributed by atoms with Crippen LogP contribution >= 0.6 is 0 Å². The molecule has 10 heteroatoms. The molecule has 2 N–H and O–H groups in total. The SMILES string of the molecule is Cc1ccc(NC(=O)CNc2ccc3c(c2)OC(F)(F)O3)cc1[N+](=O)[O-]. The number of nitrogens with one attached hydrogen (secondary N) is 2. The topological polar surface area (TPSA) is 103 Å². The van der Waals surface area contributed by atoms with Crippen LogP contribution in [0.1, 0.15) is 5.56 Å². The average Bonchev–Trinajstić information content (AvgIpc) is 2.87. The third kappa shape index (κ3) is 3.79. The molecule has 3 rings (SSSR count). The van der Waals surface area contributed by atoms with Crippen molar-refractivity contribution in [1.82, 2.24) is 0 Å². The first-order valence-electron chi connectivity index (χ1n) is 7.42. The highest BCUT2D eigenvalue weighted by Crippen LogP contribution is 2.42. The van der Waals surface area contributed by atoms with Crippen LogP contribution in [-0.4, -0.2) is 23.7 Å². The minimum atomic E-state index is -3.71. The van der Waals surface area contributed by atoms with Crippen LogP contribution in [0.2, 0.25) is 0 Å². The molecule has 0 atom stereocenters. The number of anilines is 2. The van der Waals surface area contributed by atoms with Gasteiger partial charge in [0, 0.05) is 29.1 Å². The number of nitro benzene ring substituents is 1. The van der Waals surface area contributed by atoms with Gasteiger partial charge < -0.3 is 20.1 Å². The Hall–Kier alpha value is -3.43. The molecule has 0 saturated heterocycles. The number of hydrogen-bond donors (Lipinski definition) is 2. The van der Waals surface area contributed by atoms with Crippen LogP contribution in [0.5, 0.6) is 11.5 Å². The summed E-state index contributed by atoms with van der Waals surface area (Å²) in [6.07, 6.45) is -3.71. The summed E-state index contributed by atoms with van der Waals surface area (Å²) in [5.41, 5.74) is 1.02. The Balaban J connectivity index is 1.60. The van der Waals surface area contributed by atoms with Crippen molar-refractivity contribution in [1.29, 1.82) is 0 Å². The molecule has 0 aliphatic carbocycles. The molecule has 0 spiro atoms. The fourth-order valence-electron chi connectivity index (χ4n) is 2.33. The number of amides is 1. The minimum absolute atomic E-state index is 0.100. The molecule has 1 aliphatic rings. The highest BCUT2D eigenvalue weighted by atomic mass is 19.3. The molecule has 1 heterocycles. The fourth-order valence-corrected chi connectivity index (χ4v) is 2.33. The zero-order valence-electron chi connectivity index (χ0n) is 13.4. The molecule has 2 aromatic carbocycles. The molecule has 8 nitrogen and oxygen atoms in total. The Labute approximate surface area is 145 Å². The van der Waals surface area contributed by atoms with E-state index in [9.17, 15) is 23.7 Å². The van der Waals surface area contributed by atoms with Crippen molar-refractivity contribution in [3.63, 3.8) is 0 Å². The monoisotopic (exact) mass is 365 g/mol. The van der Waals surface area contributed by atoms with Gasteiger partial charge in [0.15, 0.2) is 11.5 Å². The van der Waals surface area contributed by atoms with Crippen LogP contribution in [0.25, 0.3) is 0 Å². The first kappa shape index (κ1) is 17.4. The third-order valence-electron chi connectivity index (χ3n) is 3.54. The number of benzene rings is 2. The summed E-state index contributed by atoms with van der Waals surface area (Å²) in [6, 6.07) is 8.35. The number of fused-ring (bicyclic) bond motifs is 1. The van der Waals surface area contributed by atoms with E-state index in [-0.39, 0.29) is 29.4 Å². The van der Waals surface area contributed by atoms with Crippen LogP contribution in [-0.2, 0) is 4.79 Å². The number of rotatable bonds is 5. The Morgan fingerprint density at radius 1 is 1.15 bits per heavy atom. The second-order valence-corrected chi connectivity index (χ2v) is 5.49. The Morgan fingerprint density at radius 3 is 2.58 bits per heavy atom. The van der Waals surface area contributed by atoms with Gasteiger partial charge in [-0.2, -0.15) is 0 Å². The standard InChI is InChI=1S/C16H13F2N3O5/c1-9-2-3-11(6-12(9)21(23)24)20-15(22)8-19-10-4-5-13-14(7-10)26-16(17,18)25-13/h2-7,19H,8H2,1H3,(H,20,22). The predicted octanol–water partition coefficient (Wildman–Crippen LogP) is 3.28. The quantitative estimate of drug-likeness (QED) is 0.623. The van der Waals surface area contributed by atoms with E-state index in [1.54, 1.807) is 13.0 Å². The lowest BCUT2D eigenvalue weighted by Gasteiger charge is -2.09. The zero-order valence-corrected chi connectivity index (χ0v) is 13.4. The van der Waals surface area contributed by atoms with Gasteiger partial charge in [0.2, 0.25) is 5.91 Å². The number of halogens is 2. The van der Waals surface area contributed by atoms with Gasteiger partial charge in [-0.25, -0.2) is 0 Å². The number of nitro groups is 1. The van der Waals surface area contributed by atoms with Crippen molar-refractivity contribution in [2.24, 2.45) is 0 Å². The molecule has 1 aliphatic heterocycles. The third-order valence-corrected chi connectivity index (χ3v) is 3.54. The van der Waals surface area contributed by atoms with Gasteiger partial charge in [-0.05, 0) is 25.1 Å². The van der Waals surface area contributed by atoms with Gasteiger partial charge in [-0.1, -0.05) is 6.07 Å². The van der Waals surface area contributed by atoms with E-state index in [1.807, 2.05) is 0 Å². The molecular formula is C16H13F2N3O5. The molecule has 0 fully saturated rings. The number of carbonyl (C=O) groups is 1. The summed E-state index contributed by atoms with van der Waals surface area (Å²) >= 11 is 0. The molecule has 0 bridgehead atoms. The van der Waals surface area contributed by atoms with E-state index in [4.69, 9.17) is 0 Å². The summed E-state index contributed by atoms with van der Waals surface area (Å²) in [4.78, 5) is 22.3. The average molecular weight is 365 g/mol. The van der Waals surface area contributed by atoms with E-state index in [2.05, 4.69) is 20.1 Å². The summed E-state index contributed by atoms with van der Waals surface area (Å²) < 4.78 is 34.5. The van der Waals surface area contributed by atoms with Crippen molar-refractivity contribution < 1.29 is 28.0 Å². The second-order valence-electron chi connectivity index (χ2n) is 5.49. The molecule has 0 saturated carbocycles. The van der Waals surface area contributed by atoms with Gasteiger partial charge in [0.05, 0.1) is 11.5 Å². The number of hydrogen-bond acceptors (Lipinski definition) is 6. The highest BCUT2D eigenvalue weighted by Gasteiger charge is 2.43. The number of ether oxygens (including phenoxy) is 2. The Bertz CT molecular complexity index is 888. The smallest absolute Gasteiger partial charge is 0.395 e. The largest absolute Gasteiger partial charge is 0.586 e. The van der Waals surface area contributed by atoms with Crippen molar-refractivity contribution >= 4 is 23.0 Å². The lowest BCUT2D eigenvalue weighted by Crippen LogP contribution is -2.25. The van der Waals surface area contributed by atoms with E-state index >= 15 is 0 Å². The molecule has 0 unspecified atom stereocenters. The van der Waals surface area contributed by atoms with Crippen LogP contribution in [0.15, 0.2) is 36.4 Å². The van der Waals surface area contributed by atoms with Crippen molar-refractivity contribution in [2.45, 2.75) is 13.2 Å². The summed E-state index contributed by atoms with van der Waals surface area (Å²) in [5.74, 6) is -0.710. The minimum Gasteiger partial charge on any atom is -0.395 e. The molecule has 26 heavy (non-hydrogen) atoms. The Morgan fingerprint density at radius 2 is 1.85 bits per heavy atom. The second kappa shape index (κ2) is 6.47. The number of carbonyl (C=O) groups excluding carboxylic acids is 1. The number of nitrogens with zero attached hydrogens (tertiary/aromatic N) is 1. The maximum atomic E-state index is 13.0. The molecule has 1 amide bonds. The summed E-state index contributed by atoms with van der Waals surface area (Å²) in [6.45, 7) is 1.41. The molecule has 0 radical (unpaired) electrons. The van der Waals surface area contributed by atoms with Crippen molar-refractivity contribution in [2.75, 3.05) is 17.2 Å². The van der Waals surface area contributed by atoms with Gasteiger partial charge in [0.1, 0.15) is 0 Å². The van der Waals surface area contributed by atoms with Gasteiger partial charge >= 0.3 is 6.29 Å². The van der Waals surface area contributed by atoms with Crippen LogP contribution < -0.4 is 20.1 Å². The predicted molar refractivity (Wildman–Crippen MR) is 87.6 cm³/mol. The van der Waals surface area contributed by atoms with Crippen molar-refractivity contribution in [3.05, 3.63) is 52.1 Å². The zero-order chi connectivity index (χ0) is 18.9. The van der Waals surface area contributed by atoms with E-state index < -0.39 is 17.1 Å². The lowest BCUT2D eigenvalue weighted by molar-refractivity contribution is -0.385.